The Bertz CT molecular complexity index is 515. The van der Waals surface area contributed by atoms with Crippen LogP contribution in [0.5, 0.6) is 0 Å². The van der Waals surface area contributed by atoms with E-state index in [2.05, 4.69) is 32.3 Å². The van der Waals surface area contributed by atoms with Gasteiger partial charge in [-0.25, -0.2) is 4.68 Å². The molecule has 1 aromatic rings. The van der Waals surface area contributed by atoms with Crippen LogP contribution in [0.1, 0.15) is 12.8 Å². The number of ether oxygens (including phenoxy) is 1. The van der Waals surface area contributed by atoms with E-state index in [1.54, 1.807) is 6.20 Å². The molecule has 0 bridgehead atoms. The minimum atomic E-state index is -0.218. The smallest absolute Gasteiger partial charge is 0.284 e. The number of nitrogens with one attached hydrogen (secondary N) is 1. The fourth-order valence-electron chi connectivity index (χ4n) is 1.83. The maximum absolute atomic E-state index is 11.9. The van der Waals surface area contributed by atoms with Gasteiger partial charge in [-0.1, -0.05) is 5.92 Å². The molecule has 0 aromatic carbocycles. The minimum Gasteiger partial charge on any atom is -0.381 e. The van der Waals surface area contributed by atoms with Crippen LogP contribution in [0.15, 0.2) is 15.5 Å². The molecule has 2 heterocycles. The molecule has 6 heteroatoms. The van der Waals surface area contributed by atoms with Crippen LogP contribution in [0.2, 0.25) is 0 Å². The summed E-state index contributed by atoms with van der Waals surface area (Å²) in [6.45, 7) is 1.67. The predicted molar refractivity (Wildman–Crippen MR) is 72.5 cm³/mol. The summed E-state index contributed by atoms with van der Waals surface area (Å²) in [7, 11) is 0. The first-order chi connectivity index (χ1) is 8.72. The van der Waals surface area contributed by atoms with E-state index in [0.29, 0.717) is 16.2 Å². The quantitative estimate of drug-likeness (QED) is 0.853. The predicted octanol–water partition coefficient (Wildman–Crippen LogP) is 1.23. The first-order valence-corrected chi connectivity index (χ1v) is 6.55. The van der Waals surface area contributed by atoms with Crippen molar-refractivity contribution in [1.82, 2.24) is 9.78 Å². The third-order valence-electron chi connectivity index (χ3n) is 2.81. The first-order valence-electron chi connectivity index (χ1n) is 5.75. The molecule has 0 unspecified atom stereocenters. The first kappa shape index (κ1) is 13.1. The van der Waals surface area contributed by atoms with Gasteiger partial charge in [0.2, 0.25) is 0 Å². The van der Waals surface area contributed by atoms with Crippen molar-refractivity contribution in [3.8, 4) is 12.3 Å². The van der Waals surface area contributed by atoms with E-state index < -0.39 is 0 Å². The van der Waals surface area contributed by atoms with Gasteiger partial charge in [0.15, 0.2) is 0 Å². The van der Waals surface area contributed by atoms with E-state index in [4.69, 9.17) is 11.2 Å². The van der Waals surface area contributed by atoms with Crippen LogP contribution >= 0.6 is 15.9 Å². The van der Waals surface area contributed by atoms with Crippen molar-refractivity contribution < 1.29 is 4.74 Å². The molecule has 0 saturated carbocycles. The molecule has 5 nitrogen and oxygen atoms in total. The summed E-state index contributed by atoms with van der Waals surface area (Å²) in [5, 5.41) is 7.34. The molecule has 1 saturated heterocycles. The van der Waals surface area contributed by atoms with Crippen LogP contribution in [0.4, 0.5) is 5.69 Å². The summed E-state index contributed by atoms with van der Waals surface area (Å²) in [5.41, 5.74) is 0.491. The summed E-state index contributed by atoms with van der Waals surface area (Å²) in [5.74, 6) is 2.40. The number of hydrogen-bond acceptors (Lipinski definition) is 4. The molecule has 18 heavy (non-hydrogen) atoms. The number of anilines is 1. The van der Waals surface area contributed by atoms with Crippen molar-refractivity contribution in [2.45, 2.75) is 25.4 Å². The Hall–Kier alpha value is -1.32. The van der Waals surface area contributed by atoms with Crippen molar-refractivity contribution in [2.75, 3.05) is 18.5 Å². The second-order valence-electron chi connectivity index (χ2n) is 4.07. The third kappa shape index (κ3) is 2.92. The van der Waals surface area contributed by atoms with E-state index in [0.717, 1.165) is 26.1 Å². The van der Waals surface area contributed by atoms with Gasteiger partial charge in [-0.3, -0.25) is 4.79 Å². The van der Waals surface area contributed by atoms with Gasteiger partial charge in [-0.15, -0.1) is 6.42 Å². The SMILES string of the molecule is C#CCn1ncc(NC2CCOCC2)c(Br)c1=O. The van der Waals surface area contributed by atoms with Crippen LogP contribution in [-0.4, -0.2) is 29.0 Å². The van der Waals surface area contributed by atoms with Crippen molar-refractivity contribution >= 4 is 21.6 Å². The molecule has 1 aliphatic heterocycles. The van der Waals surface area contributed by atoms with Gasteiger partial charge < -0.3 is 10.1 Å². The Morgan fingerprint density at radius 1 is 1.61 bits per heavy atom. The molecule has 0 aliphatic carbocycles. The zero-order valence-electron chi connectivity index (χ0n) is 9.86. The lowest BCUT2D eigenvalue weighted by Crippen LogP contribution is -2.30. The third-order valence-corrected chi connectivity index (χ3v) is 3.57. The van der Waals surface area contributed by atoms with Gasteiger partial charge in [0.05, 0.1) is 11.9 Å². The Balaban J connectivity index is 2.16. The van der Waals surface area contributed by atoms with Gasteiger partial charge in [0, 0.05) is 19.3 Å². The Morgan fingerprint density at radius 3 is 3.00 bits per heavy atom. The van der Waals surface area contributed by atoms with Crippen molar-refractivity contribution in [3.05, 3.63) is 21.0 Å². The number of terminal acetylenes is 1. The molecule has 96 valence electrons. The van der Waals surface area contributed by atoms with Crippen LogP contribution in [-0.2, 0) is 11.3 Å². The summed E-state index contributed by atoms with van der Waals surface area (Å²) in [4.78, 5) is 11.9. The normalized spacial score (nSPS) is 16.2. The van der Waals surface area contributed by atoms with Crippen LogP contribution in [0.25, 0.3) is 0 Å². The maximum Gasteiger partial charge on any atom is 0.284 e. The topological polar surface area (TPSA) is 56.1 Å². The van der Waals surface area contributed by atoms with Gasteiger partial charge in [0.25, 0.3) is 5.56 Å². The number of aromatic nitrogens is 2. The lowest BCUT2D eigenvalue weighted by Gasteiger charge is -2.24. The zero-order valence-corrected chi connectivity index (χ0v) is 11.4. The van der Waals surface area contributed by atoms with E-state index in [-0.39, 0.29) is 12.1 Å². The van der Waals surface area contributed by atoms with Crippen LogP contribution < -0.4 is 10.9 Å². The average molecular weight is 312 g/mol. The molecule has 1 N–H and O–H groups in total. The molecule has 1 aliphatic rings. The maximum atomic E-state index is 11.9. The van der Waals surface area contributed by atoms with Gasteiger partial charge >= 0.3 is 0 Å². The molecule has 0 radical (unpaired) electrons. The highest BCUT2D eigenvalue weighted by molar-refractivity contribution is 9.10. The van der Waals surface area contributed by atoms with Crippen molar-refractivity contribution in [1.29, 1.82) is 0 Å². The highest BCUT2D eigenvalue weighted by Crippen LogP contribution is 2.20. The number of halogens is 1. The van der Waals surface area contributed by atoms with E-state index in [9.17, 15) is 4.79 Å². The molecular formula is C12H14BrN3O2. The molecule has 0 spiro atoms. The zero-order chi connectivity index (χ0) is 13.0. The highest BCUT2D eigenvalue weighted by Gasteiger charge is 2.16. The van der Waals surface area contributed by atoms with Crippen molar-refractivity contribution in [3.63, 3.8) is 0 Å². The van der Waals surface area contributed by atoms with Crippen molar-refractivity contribution in [2.24, 2.45) is 0 Å². The molecular weight excluding hydrogens is 298 g/mol. The van der Waals surface area contributed by atoms with Crippen LogP contribution in [0, 0.1) is 12.3 Å². The molecule has 0 atom stereocenters. The molecule has 0 amide bonds. The largest absolute Gasteiger partial charge is 0.381 e. The van der Waals surface area contributed by atoms with Gasteiger partial charge in [0.1, 0.15) is 11.0 Å². The van der Waals surface area contributed by atoms with E-state index in [1.165, 1.54) is 4.68 Å². The Kier molecular flexibility index (Phi) is 4.39. The Labute approximate surface area is 114 Å². The van der Waals surface area contributed by atoms with E-state index >= 15 is 0 Å². The number of nitrogens with zero attached hydrogens (tertiary/aromatic N) is 2. The molecule has 1 fully saturated rings. The number of hydrogen-bond donors (Lipinski definition) is 1. The lowest BCUT2D eigenvalue weighted by atomic mass is 10.1. The van der Waals surface area contributed by atoms with Gasteiger partial charge in [-0.2, -0.15) is 5.10 Å². The highest BCUT2D eigenvalue weighted by atomic mass is 79.9. The number of rotatable bonds is 3. The fourth-order valence-corrected chi connectivity index (χ4v) is 2.25. The summed E-state index contributed by atoms with van der Waals surface area (Å²) >= 11 is 3.29. The van der Waals surface area contributed by atoms with Gasteiger partial charge in [-0.05, 0) is 28.8 Å². The fraction of sp³-hybridized carbons (Fsp3) is 0.500. The molecule has 1 aromatic heterocycles. The average Bonchev–Trinajstić information content (AvgIpc) is 2.40. The summed E-state index contributed by atoms with van der Waals surface area (Å²) < 4.78 is 7.01. The van der Waals surface area contributed by atoms with Crippen LogP contribution in [0.3, 0.4) is 0 Å². The molecule has 2 rings (SSSR count). The standard InChI is InChI=1S/C12H14BrN3O2/c1-2-5-16-12(17)11(13)10(8-14-16)15-9-3-6-18-7-4-9/h1,8-9,15H,3-7H2. The second-order valence-corrected chi connectivity index (χ2v) is 4.86. The Morgan fingerprint density at radius 2 is 2.33 bits per heavy atom. The second kappa shape index (κ2) is 6.03. The summed E-state index contributed by atoms with van der Waals surface area (Å²) in [6.07, 6.45) is 8.66. The lowest BCUT2D eigenvalue weighted by molar-refractivity contribution is 0.0904. The summed E-state index contributed by atoms with van der Waals surface area (Å²) in [6, 6.07) is 0.319. The monoisotopic (exact) mass is 311 g/mol. The minimum absolute atomic E-state index is 0.176. The van der Waals surface area contributed by atoms with E-state index in [1.807, 2.05) is 0 Å².